The van der Waals surface area contributed by atoms with Gasteiger partial charge >= 0.3 is 0 Å². The molecule has 0 unspecified atom stereocenters. The average molecular weight is 1030 g/mol. The van der Waals surface area contributed by atoms with Crippen molar-refractivity contribution in [2.24, 2.45) is 0 Å². The van der Waals surface area contributed by atoms with Crippen LogP contribution < -0.4 is 36.8 Å². The van der Waals surface area contributed by atoms with Crippen LogP contribution in [0, 0.1) is 6.92 Å². The Labute approximate surface area is 465 Å². The molecule has 11 aromatic rings. The molecule has 0 saturated heterocycles. The first-order valence-corrected chi connectivity index (χ1v) is 28.0. The molecule has 0 radical (unpaired) electrons. The lowest BCUT2D eigenvalue weighted by Crippen LogP contribution is -2.61. The molecule has 3 aliphatic rings. The molecule has 0 atom stereocenters. The monoisotopic (exact) mass is 1020 g/mol. The average Bonchev–Trinajstić information content (AvgIpc) is 3.94. The number of furan rings is 1. The number of hydrogen-bond acceptors (Lipinski definition) is 5. The molecule has 0 aliphatic carbocycles. The molecule has 1 aromatic heterocycles. The van der Waals surface area contributed by atoms with Gasteiger partial charge in [-0.15, -0.1) is 0 Å². The Hall–Kier alpha value is -8.74. The summed E-state index contributed by atoms with van der Waals surface area (Å²) in [6.45, 7) is 22.9. The third kappa shape index (κ3) is 8.14. The SMILES string of the molecule is Cc1cc2c3c(c1)N(c1ccc(C(C)(C)C)cc1)c1cc4c(cc1B3c1ccc(C(C)(C)C)cc1N2c1ccc(-c2ccc3c(c2)oc2ccccc23)cc1)Nc1ccccc1-c1cc(cc(C(C)(C)C)c1)-c1ccccc1N4. The smallest absolute Gasteiger partial charge is 0.252 e. The Morgan fingerprint density at radius 3 is 1.51 bits per heavy atom. The van der Waals surface area contributed by atoms with E-state index in [1.165, 1.54) is 66.8 Å². The van der Waals surface area contributed by atoms with Crippen molar-refractivity contribution in [3.8, 4) is 33.4 Å². The summed E-state index contributed by atoms with van der Waals surface area (Å²) in [5.74, 6) is 0. The van der Waals surface area contributed by atoms with Gasteiger partial charge in [-0.3, -0.25) is 0 Å². The summed E-state index contributed by atoms with van der Waals surface area (Å²) < 4.78 is 6.38. The van der Waals surface area contributed by atoms with Crippen LogP contribution in [0.1, 0.15) is 84.6 Å². The van der Waals surface area contributed by atoms with Crippen LogP contribution in [0.3, 0.4) is 0 Å². The van der Waals surface area contributed by atoms with E-state index in [-0.39, 0.29) is 23.0 Å². The number of aryl methyl sites for hydroxylation is 1. The Bertz CT molecular complexity index is 4280. The minimum atomic E-state index is -0.0991. The van der Waals surface area contributed by atoms with Crippen molar-refractivity contribution in [3.63, 3.8) is 0 Å². The number of hydrogen-bond donors (Lipinski definition) is 2. The molecule has 3 aliphatic heterocycles. The maximum Gasteiger partial charge on any atom is 0.252 e. The van der Waals surface area contributed by atoms with Crippen molar-refractivity contribution in [3.05, 3.63) is 222 Å². The van der Waals surface area contributed by atoms with E-state index in [9.17, 15) is 0 Å². The van der Waals surface area contributed by atoms with Gasteiger partial charge in [0.1, 0.15) is 11.2 Å². The van der Waals surface area contributed by atoms with Crippen LogP contribution in [0.25, 0.3) is 55.3 Å². The van der Waals surface area contributed by atoms with Crippen molar-refractivity contribution in [1.29, 1.82) is 0 Å². The van der Waals surface area contributed by atoms with Gasteiger partial charge in [-0.05, 0) is 175 Å². The van der Waals surface area contributed by atoms with Gasteiger partial charge in [-0.1, -0.05) is 172 Å². The lowest BCUT2D eigenvalue weighted by atomic mass is 9.33. The van der Waals surface area contributed by atoms with Gasteiger partial charge in [0.05, 0.1) is 11.4 Å². The number of rotatable bonds is 3. The lowest BCUT2D eigenvalue weighted by Gasteiger charge is -2.45. The second-order valence-electron chi connectivity index (χ2n) is 25.3. The minimum Gasteiger partial charge on any atom is -0.456 e. The molecule has 0 amide bonds. The highest BCUT2D eigenvalue weighted by Gasteiger charge is 2.44. The highest BCUT2D eigenvalue weighted by Crippen LogP contribution is 2.49. The fourth-order valence-corrected chi connectivity index (χ4v) is 12.6. The summed E-state index contributed by atoms with van der Waals surface area (Å²) in [6.07, 6.45) is 0. The third-order valence-electron chi connectivity index (χ3n) is 16.9. The molecule has 5 nitrogen and oxygen atoms in total. The van der Waals surface area contributed by atoms with Crippen molar-refractivity contribution >= 4 is 102 Å². The number of nitrogens with zero attached hydrogens (tertiary/aromatic N) is 2. The maximum atomic E-state index is 6.38. The van der Waals surface area contributed by atoms with Crippen molar-refractivity contribution in [2.45, 2.75) is 85.5 Å². The number of nitrogens with one attached hydrogen (secondary N) is 2. The van der Waals surface area contributed by atoms with Gasteiger partial charge < -0.3 is 24.9 Å². The predicted molar refractivity (Wildman–Crippen MR) is 338 cm³/mol. The van der Waals surface area contributed by atoms with Crippen LogP contribution in [0.4, 0.5) is 56.9 Å². The quantitative estimate of drug-likeness (QED) is 0.173. The molecule has 2 N–H and O–H groups in total. The summed E-state index contributed by atoms with van der Waals surface area (Å²) >= 11 is 0. The summed E-state index contributed by atoms with van der Waals surface area (Å²) in [7, 11) is 0. The zero-order valence-corrected chi connectivity index (χ0v) is 46.9. The fourth-order valence-electron chi connectivity index (χ4n) is 12.6. The molecule has 0 saturated carbocycles. The summed E-state index contributed by atoms with van der Waals surface area (Å²) in [5.41, 5.74) is 28.6. The van der Waals surface area contributed by atoms with Gasteiger partial charge in [0, 0.05) is 67.4 Å². The van der Waals surface area contributed by atoms with E-state index in [1.807, 2.05) is 12.1 Å². The molecule has 386 valence electrons. The first-order valence-electron chi connectivity index (χ1n) is 28.0. The van der Waals surface area contributed by atoms with Crippen molar-refractivity contribution < 1.29 is 4.42 Å². The normalized spacial score (nSPS) is 13.6. The molecule has 14 rings (SSSR count). The van der Waals surface area contributed by atoms with Crippen LogP contribution in [0.5, 0.6) is 0 Å². The van der Waals surface area contributed by atoms with E-state index >= 15 is 0 Å². The van der Waals surface area contributed by atoms with E-state index in [2.05, 4.69) is 278 Å². The number of fused-ring (bicyclic) bond motifs is 14. The van der Waals surface area contributed by atoms with E-state index in [4.69, 9.17) is 4.42 Å². The molecule has 4 heterocycles. The molecule has 2 bridgehead atoms. The molecule has 6 heteroatoms. The fraction of sp³-hybridized carbons (Fsp3) is 0.178. The summed E-state index contributed by atoms with van der Waals surface area (Å²) in [6, 6.07) is 75.1. The molecular weight excluding hydrogens is 960 g/mol. The van der Waals surface area contributed by atoms with Crippen LogP contribution in [0.2, 0.25) is 0 Å². The Kier molecular flexibility index (Phi) is 10.9. The number of benzene rings is 10. The lowest BCUT2D eigenvalue weighted by molar-refractivity contribution is 0.590. The highest BCUT2D eigenvalue weighted by atomic mass is 16.3. The Morgan fingerprint density at radius 1 is 0.367 bits per heavy atom. The van der Waals surface area contributed by atoms with Crippen molar-refractivity contribution in [2.75, 3.05) is 20.4 Å². The van der Waals surface area contributed by atoms with E-state index in [0.29, 0.717) is 0 Å². The van der Waals surface area contributed by atoms with Crippen molar-refractivity contribution in [1.82, 2.24) is 0 Å². The molecular formula is C73H65BN4O. The first-order chi connectivity index (χ1) is 37.9. The summed E-state index contributed by atoms with van der Waals surface area (Å²) in [4.78, 5) is 5.09. The molecule has 0 fully saturated rings. The number of anilines is 10. The Balaban J connectivity index is 1.00. The highest BCUT2D eigenvalue weighted by molar-refractivity contribution is 7.00. The second kappa shape index (κ2) is 17.6. The summed E-state index contributed by atoms with van der Waals surface area (Å²) in [5, 5.41) is 10.5. The van der Waals surface area contributed by atoms with Crippen LogP contribution >= 0.6 is 0 Å². The Morgan fingerprint density at radius 2 is 0.886 bits per heavy atom. The van der Waals surface area contributed by atoms with Gasteiger partial charge in [0.15, 0.2) is 0 Å². The predicted octanol–water partition coefficient (Wildman–Crippen LogP) is 18.7. The molecule has 0 spiro atoms. The van der Waals surface area contributed by atoms with Crippen LogP contribution in [0.15, 0.2) is 205 Å². The van der Waals surface area contributed by atoms with Crippen LogP contribution in [-0.2, 0) is 16.2 Å². The van der Waals surface area contributed by atoms with E-state index in [0.717, 1.165) is 84.0 Å². The molecule has 10 aromatic carbocycles. The second-order valence-corrected chi connectivity index (χ2v) is 25.3. The number of para-hydroxylation sites is 3. The minimum absolute atomic E-state index is 0.00450. The maximum absolute atomic E-state index is 6.38. The van der Waals surface area contributed by atoms with Gasteiger partial charge in [0.2, 0.25) is 0 Å². The first kappa shape index (κ1) is 48.6. The van der Waals surface area contributed by atoms with E-state index in [1.54, 1.807) is 0 Å². The zero-order valence-electron chi connectivity index (χ0n) is 46.9. The standard InChI is InChI=1S/C73H65BN4O/c1-44-35-66-70-67(36-44)78(53-31-26-49(27-32-53)71(2,3)4)65-43-63-62(75-60-20-14-11-17-54(60)47-37-48(39-51(38-47)73(8,9)10)55-18-12-15-21-61(55)76-63)42-59(65)74(70)58-34-28-50(72(5,6)7)41-64(58)77(66)52-29-23-45(24-30-52)46-25-33-57-56-19-13-16-22-68(56)79-69(57)40-46/h11-43,75-76H,1-10H3. The largest absolute Gasteiger partial charge is 0.456 e. The van der Waals surface area contributed by atoms with Crippen LogP contribution in [-0.4, -0.2) is 6.71 Å². The topological polar surface area (TPSA) is 43.7 Å². The van der Waals surface area contributed by atoms with Gasteiger partial charge in [-0.25, -0.2) is 0 Å². The van der Waals surface area contributed by atoms with Gasteiger partial charge in [0.25, 0.3) is 6.71 Å². The van der Waals surface area contributed by atoms with Gasteiger partial charge in [-0.2, -0.15) is 0 Å². The van der Waals surface area contributed by atoms with E-state index < -0.39 is 0 Å². The molecule has 79 heavy (non-hydrogen) atoms. The zero-order chi connectivity index (χ0) is 54.3. The third-order valence-corrected chi connectivity index (χ3v) is 16.9.